The molecular weight excluding hydrogens is 408 g/mol. The van der Waals surface area contributed by atoms with Crippen LogP contribution in [0.4, 0.5) is 0 Å². The first-order valence-electron chi connectivity index (χ1n) is 9.52. The largest absolute Gasteiger partial charge is 0.497 e. The third kappa shape index (κ3) is 5.14. The maximum Gasteiger partial charge on any atom is 0.309 e. The van der Waals surface area contributed by atoms with Gasteiger partial charge in [-0.2, -0.15) is 4.31 Å². The monoisotopic (exact) mass is 432 g/mol. The quantitative estimate of drug-likeness (QED) is 0.621. The number of ether oxygens (including phenoxy) is 1. The van der Waals surface area contributed by atoms with E-state index >= 15 is 0 Å². The molecule has 1 aliphatic rings. The molecule has 0 bridgehead atoms. The van der Waals surface area contributed by atoms with E-state index in [1.807, 2.05) is 0 Å². The lowest BCUT2D eigenvalue weighted by molar-refractivity contribution is -0.139. The van der Waals surface area contributed by atoms with Gasteiger partial charge in [0.1, 0.15) is 5.75 Å². The van der Waals surface area contributed by atoms with Crippen molar-refractivity contribution in [1.29, 1.82) is 0 Å². The molecule has 0 radical (unpaired) electrons. The van der Waals surface area contributed by atoms with Crippen LogP contribution in [0.25, 0.3) is 0 Å². The van der Waals surface area contributed by atoms with Crippen molar-refractivity contribution >= 4 is 21.8 Å². The molecule has 9 nitrogen and oxygen atoms in total. The highest BCUT2D eigenvalue weighted by atomic mass is 32.2. The van der Waals surface area contributed by atoms with Gasteiger partial charge < -0.3 is 15.4 Å². The van der Waals surface area contributed by atoms with Crippen LogP contribution in [0.2, 0.25) is 0 Å². The van der Waals surface area contributed by atoms with Crippen LogP contribution in [0.5, 0.6) is 5.75 Å². The van der Waals surface area contributed by atoms with Crippen molar-refractivity contribution < 1.29 is 22.7 Å². The van der Waals surface area contributed by atoms with Crippen molar-refractivity contribution in [3.8, 4) is 5.75 Å². The summed E-state index contributed by atoms with van der Waals surface area (Å²) in [4.78, 5) is 28.1. The van der Waals surface area contributed by atoms with Crippen LogP contribution in [0, 0.1) is 0 Å². The summed E-state index contributed by atoms with van der Waals surface area (Å²) in [5.74, 6) is -0.996. The zero-order valence-corrected chi connectivity index (χ0v) is 17.4. The molecule has 2 aromatic rings. The lowest BCUT2D eigenvalue weighted by Gasteiger charge is -2.24. The molecule has 3 rings (SSSR count). The van der Waals surface area contributed by atoms with Gasteiger partial charge >= 0.3 is 11.8 Å². The van der Waals surface area contributed by atoms with Crippen molar-refractivity contribution in [2.75, 3.05) is 20.2 Å². The number of sulfonamides is 1. The summed E-state index contributed by atoms with van der Waals surface area (Å²) < 4.78 is 32.4. The number of aromatic nitrogens is 1. The normalized spacial score (nSPS) is 16.8. The maximum atomic E-state index is 13.0. The Hall–Kier alpha value is -2.98. The summed E-state index contributed by atoms with van der Waals surface area (Å²) in [5.41, 5.74) is 0.818. The molecule has 2 amide bonds. The SMILES string of the molecule is COc1ccc(S(=O)(=O)N2CCC[C@@H]2CNC(=O)C(=O)NCc2ccncc2)cc1. The fourth-order valence-corrected chi connectivity index (χ4v) is 4.96. The van der Waals surface area contributed by atoms with Crippen molar-refractivity contribution in [3.05, 3.63) is 54.4 Å². The van der Waals surface area contributed by atoms with E-state index in [2.05, 4.69) is 15.6 Å². The summed E-state index contributed by atoms with van der Waals surface area (Å²) in [5, 5.41) is 5.07. The lowest BCUT2D eigenvalue weighted by atomic mass is 10.2. The van der Waals surface area contributed by atoms with Crippen LogP contribution >= 0.6 is 0 Å². The van der Waals surface area contributed by atoms with Crippen LogP contribution in [-0.2, 0) is 26.2 Å². The average Bonchev–Trinajstić information content (AvgIpc) is 3.26. The Morgan fingerprint density at radius 2 is 1.77 bits per heavy atom. The van der Waals surface area contributed by atoms with Gasteiger partial charge in [0.25, 0.3) is 0 Å². The van der Waals surface area contributed by atoms with Crippen molar-refractivity contribution in [1.82, 2.24) is 19.9 Å². The Kier molecular flexibility index (Phi) is 7.01. The molecule has 160 valence electrons. The van der Waals surface area contributed by atoms with E-state index in [1.54, 1.807) is 36.7 Å². The Morgan fingerprint density at radius 1 is 1.10 bits per heavy atom. The maximum absolute atomic E-state index is 13.0. The zero-order chi connectivity index (χ0) is 21.6. The molecule has 1 aliphatic heterocycles. The number of pyridine rings is 1. The highest BCUT2D eigenvalue weighted by Crippen LogP contribution is 2.26. The van der Waals surface area contributed by atoms with Crippen molar-refractivity contribution in [3.63, 3.8) is 0 Å². The Bertz CT molecular complexity index is 980. The summed E-state index contributed by atoms with van der Waals surface area (Å²) in [7, 11) is -2.20. The Morgan fingerprint density at radius 3 is 2.43 bits per heavy atom. The van der Waals surface area contributed by atoms with E-state index in [4.69, 9.17) is 4.74 Å². The highest BCUT2D eigenvalue weighted by Gasteiger charge is 2.35. The molecule has 1 aromatic carbocycles. The van der Waals surface area contributed by atoms with Gasteiger partial charge in [0.05, 0.1) is 12.0 Å². The molecule has 1 atom stereocenters. The second-order valence-electron chi connectivity index (χ2n) is 6.84. The smallest absolute Gasteiger partial charge is 0.309 e. The van der Waals surface area contributed by atoms with Gasteiger partial charge in [-0.1, -0.05) is 0 Å². The van der Waals surface area contributed by atoms with E-state index in [1.165, 1.54) is 23.5 Å². The van der Waals surface area contributed by atoms with E-state index in [-0.39, 0.29) is 18.0 Å². The first-order chi connectivity index (χ1) is 14.4. The van der Waals surface area contributed by atoms with Gasteiger partial charge in [0.2, 0.25) is 10.0 Å². The van der Waals surface area contributed by atoms with Crippen molar-refractivity contribution in [2.24, 2.45) is 0 Å². The number of hydrogen-bond acceptors (Lipinski definition) is 6. The molecule has 0 aliphatic carbocycles. The molecule has 30 heavy (non-hydrogen) atoms. The third-order valence-electron chi connectivity index (χ3n) is 4.90. The molecule has 2 N–H and O–H groups in total. The molecule has 1 fully saturated rings. The fourth-order valence-electron chi connectivity index (χ4n) is 3.27. The Balaban J connectivity index is 1.56. The predicted octanol–water partition coefficient (Wildman–Crippen LogP) is 0.676. The van der Waals surface area contributed by atoms with Crippen LogP contribution < -0.4 is 15.4 Å². The highest BCUT2D eigenvalue weighted by molar-refractivity contribution is 7.89. The minimum Gasteiger partial charge on any atom is -0.497 e. The summed E-state index contributed by atoms with van der Waals surface area (Å²) >= 11 is 0. The van der Waals surface area contributed by atoms with E-state index in [0.29, 0.717) is 25.1 Å². The summed E-state index contributed by atoms with van der Waals surface area (Å²) in [6.07, 6.45) is 4.48. The summed E-state index contributed by atoms with van der Waals surface area (Å²) in [6, 6.07) is 9.23. The van der Waals surface area contributed by atoms with Crippen LogP contribution in [0.1, 0.15) is 18.4 Å². The molecule has 0 unspecified atom stereocenters. The molecular formula is C20H24N4O5S. The minimum absolute atomic E-state index is 0.0664. The third-order valence-corrected chi connectivity index (χ3v) is 6.86. The van der Waals surface area contributed by atoms with Crippen LogP contribution in [-0.4, -0.2) is 55.8 Å². The second kappa shape index (κ2) is 9.68. The number of rotatable bonds is 7. The van der Waals surface area contributed by atoms with Crippen molar-refractivity contribution in [2.45, 2.75) is 30.3 Å². The van der Waals surface area contributed by atoms with Gasteiger partial charge in [0.15, 0.2) is 0 Å². The number of nitrogens with one attached hydrogen (secondary N) is 2. The number of hydrogen-bond donors (Lipinski definition) is 2. The van der Waals surface area contributed by atoms with E-state index < -0.39 is 27.9 Å². The molecule has 1 saturated heterocycles. The summed E-state index contributed by atoms with van der Waals surface area (Å²) in [6.45, 7) is 0.635. The van der Waals surface area contributed by atoms with Gasteiger partial charge in [-0.3, -0.25) is 14.6 Å². The average molecular weight is 433 g/mol. The van der Waals surface area contributed by atoms with Gasteiger partial charge in [-0.05, 0) is 54.8 Å². The van der Waals surface area contributed by atoms with Gasteiger partial charge in [0, 0.05) is 38.1 Å². The number of amides is 2. The molecule has 2 heterocycles. The molecule has 10 heteroatoms. The fraction of sp³-hybridized carbons (Fsp3) is 0.350. The van der Waals surface area contributed by atoms with E-state index in [9.17, 15) is 18.0 Å². The zero-order valence-electron chi connectivity index (χ0n) is 16.6. The lowest BCUT2D eigenvalue weighted by Crippen LogP contribution is -2.46. The number of methoxy groups -OCH3 is 1. The van der Waals surface area contributed by atoms with Crippen LogP contribution in [0.3, 0.4) is 0 Å². The minimum atomic E-state index is -3.71. The van der Waals surface area contributed by atoms with Gasteiger partial charge in [-0.25, -0.2) is 8.42 Å². The second-order valence-corrected chi connectivity index (χ2v) is 8.73. The molecule has 1 aromatic heterocycles. The number of carbonyl (C=O) groups is 2. The Labute approximate surface area is 175 Å². The number of benzene rings is 1. The first-order valence-corrected chi connectivity index (χ1v) is 11.0. The van der Waals surface area contributed by atoms with Crippen LogP contribution in [0.15, 0.2) is 53.7 Å². The topological polar surface area (TPSA) is 118 Å². The molecule has 0 spiro atoms. The van der Waals surface area contributed by atoms with Gasteiger partial charge in [-0.15, -0.1) is 0 Å². The number of nitrogens with zero attached hydrogens (tertiary/aromatic N) is 2. The van der Waals surface area contributed by atoms with E-state index in [0.717, 1.165) is 5.56 Å². The standard InChI is InChI=1S/C20H24N4O5S/c1-29-17-4-6-18(7-5-17)30(27,28)24-12-2-3-16(24)14-23-20(26)19(25)22-13-15-8-10-21-11-9-15/h4-11,16H,2-3,12-14H2,1H3,(H,22,25)(H,23,26)/t16-/m1/s1. The molecule has 0 saturated carbocycles. The number of carbonyl (C=O) groups excluding carboxylic acids is 2. The first kappa shape index (κ1) is 21.7. The predicted molar refractivity (Wildman–Crippen MR) is 109 cm³/mol.